The van der Waals surface area contributed by atoms with Gasteiger partial charge in [-0.15, -0.1) is 0 Å². The van der Waals surface area contributed by atoms with Crippen LogP contribution in [0.3, 0.4) is 0 Å². The molecule has 0 aliphatic heterocycles. The van der Waals surface area contributed by atoms with Crippen molar-refractivity contribution >= 4 is 23.0 Å². The van der Waals surface area contributed by atoms with Crippen molar-refractivity contribution in [3.63, 3.8) is 0 Å². The summed E-state index contributed by atoms with van der Waals surface area (Å²) in [5.74, 6) is 1.00. The zero-order chi connectivity index (χ0) is 13.1. The second-order valence-electron chi connectivity index (χ2n) is 3.54. The molecule has 2 aromatic carbocycles. The van der Waals surface area contributed by atoms with E-state index < -0.39 is 4.92 Å². The third-order valence-electron chi connectivity index (χ3n) is 2.23. The smallest absolute Gasteiger partial charge is 0.288 e. The number of halogens is 1. The Bertz CT molecular complexity index is 584. The first-order valence-electron chi connectivity index (χ1n) is 5.03. The highest BCUT2D eigenvalue weighted by Crippen LogP contribution is 2.31. The molecule has 0 saturated carbocycles. The van der Waals surface area contributed by atoms with Gasteiger partial charge in [0, 0.05) is 17.8 Å². The van der Waals surface area contributed by atoms with Crippen LogP contribution in [0.25, 0.3) is 0 Å². The summed E-state index contributed by atoms with van der Waals surface area (Å²) in [5.41, 5.74) is 6.02. The summed E-state index contributed by atoms with van der Waals surface area (Å²) in [6, 6.07) is 11.0. The highest BCUT2D eigenvalue weighted by molar-refractivity contribution is 6.32. The number of anilines is 1. The molecule has 0 aromatic heterocycles. The minimum absolute atomic E-state index is 0.0351. The summed E-state index contributed by atoms with van der Waals surface area (Å²) in [4.78, 5) is 10.0. The molecule has 0 radical (unpaired) electrons. The van der Waals surface area contributed by atoms with Crippen LogP contribution in [-0.2, 0) is 0 Å². The van der Waals surface area contributed by atoms with E-state index in [0.717, 1.165) is 0 Å². The van der Waals surface area contributed by atoms with Crippen molar-refractivity contribution in [1.29, 1.82) is 0 Å². The van der Waals surface area contributed by atoms with Gasteiger partial charge in [-0.2, -0.15) is 0 Å². The Morgan fingerprint density at radius 1 is 1.11 bits per heavy atom. The Labute approximate surface area is 108 Å². The van der Waals surface area contributed by atoms with Gasteiger partial charge in [0.1, 0.15) is 16.5 Å². The topological polar surface area (TPSA) is 78.4 Å². The average molecular weight is 265 g/mol. The van der Waals surface area contributed by atoms with Crippen LogP contribution in [0.1, 0.15) is 0 Å². The van der Waals surface area contributed by atoms with E-state index in [1.54, 1.807) is 24.3 Å². The van der Waals surface area contributed by atoms with Gasteiger partial charge in [0.15, 0.2) is 0 Å². The fourth-order valence-corrected chi connectivity index (χ4v) is 1.61. The first-order chi connectivity index (χ1) is 8.56. The van der Waals surface area contributed by atoms with E-state index in [2.05, 4.69) is 0 Å². The molecule has 5 nitrogen and oxygen atoms in total. The third-order valence-corrected chi connectivity index (χ3v) is 2.53. The molecule has 0 heterocycles. The average Bonchev–Trinajstić information content (AvgIpc) is 2.32. The van der Waals surface area contributed by atoms with Gasteiger partial charge in [-0.05, 0) is 30.3 Å². The molecule has 2 N–H and O–H groups in total. The lowest BCUT2D eigenvalue weighted by Gasteiger charge is -2.06. The highest BCUT2D eigenvalue weighted by Gasteiger charge is 2.12. The highest BCUT2D eigenvalue weighted by atomic mass is 35.5. The first kappa shape index (κ1) is 12.2. The van der Waals surface area contributed by atoms with Crippen molar-refractivity contribution in [3.05, 3.63) is 57.6 Å². The molecular formula is C12H9ClN2O3. The van der Waals surface area contributed by atoms with Gasteiger partial charge in [-0.1, -0.05) is 11.6 Å². The number of ether oxygens (including phenoxy) is 1. The molecule has 0 bridgehead atoms. The lowest BCUT2D eigenvalue weighted by molar-refractivity contribution is -0.384. The maximum absolute atomic E-state index is 10.6. The summed E-state index contributed by atoms with van der Waals surface area (Å²) in [6.07, 6.45) is 0. The number of rotatable bonds is 3. The van der Waals surface area contributed by atoms with Gasteiger partial charge in [-0.25, -0.2) is 0 Å². The lowest BCUT2D eigenvalue weighted by Crippen LogP contribution is -1.90. The minimum atomic E-state index is -0.546. The Hall–Kier alpha value is -2.27. The van der Waals surface area contributed by atoms with E-state index in [9.17, 15) is 10.1 Å². The maximum atomic E-state index is 10.6. The van der Waals surface area contributed by atoms with Crippen LogP contribution < -0.4 is 10.5 Å². The van der Waals surface area contributed by atoms with E-state index in [1.165, 1.54) is 18.2 Å². The molecule has 92 valence electrons. The molecule has 0 aliphatic carbocycles. The summed E-state index contributed by atoms with van der Waals surface area (Å²) in [5, 5.41) is 10.6. The van der Waals surface area contributed by atoms with Gasteiger partial charge < -0.3 is 10.5 Å². The van der Waals surface area contributed by atoms with Gasteiger partial charge in [0.2, 0.25) is 0 Å². The van der Waals surface area contributed by atoms with Crippen molar-refractivity contribution in [3.8, 4) is 11.5 Å². The first-order valence-corrected chi connectivity index (χ1v) is 5.41. The number of nitrogen functional groups attached to an aromatic ring is 1. The standard InChI is InChI=1S/C12H9ClN2O3/c13-11-7-10(5-6-12(11)15(16)17)18-9-3-1-8(14)2-4-9/h1-7H,14H2. The van der Waals surface area contributed by atoms with Crippen LogP contribution in [0, 0.1) is 10.1 Å². The van der Waals surface area contributed by atoms with E-state index in [0.29, 0.717) is 17.2 Å². The Kier molecular flexibility index (Phi) is 3.34. The number of nitro groups is 1. The molecule has 0 fully saturated rings. The van der Waals surface area contributed by atoms with E-state index in [1.807, 2.05) is 0 Å². The molecule has 0 saturated heterocycles. The number of nitrogens with zero attached hydrogens (tertiary/aromatic N) is 1. The lowest BCUT2D eigenvalue weighted by atomic mass is 10.3. The molecule has 0 atom stereocenters. The predicted molar refractivity (Wildman–Crippen MR) is 69.0 cm³/mol. The van der Waals surface area contributed by atoms with Gasteiger partial charge in [0.05, 0.1) is 4.92 Å². The summed E-state index contributed by atoms with van der Waals surface area (Å²) >= 11 is 5.77. The summed E-state index contributed by atoms with van der Waals surface area (Å²) in [7, 11) is 0. The van der Waals surface area contributed by atoms with Crippen molar-refractivity contribution in [2.24, 2.45) is 0 Å². The molecule has 2 rings (SSSR count). The van der Waals surface area contributed by atoms with Crippen LogP contribution in [0.5, 0.6) is 11.5 Å². The fourth-order valence-electron chi connectivity index (χ4n) is 1.37. The summed E-state index contributed by atoms with van der Waals surface area (Å²) in [6.45, 7) is 0. The second kappa shape index (κ2) is 4.93. The SMILES string of the molecule is Nc1ccc(Oc2ccc([N+](=O)[O-])c(Cl)c2)cc1. The molecule has 0 amide bonds. The molecule has 0 spiro atoms. The van der Waals surface area contributed by atoms with E-state index in [-0.39, 0.29) is 10.7 Å². The number of hydrogen-bond acceptors (Lipinski definition) is 4. The minimum Gasteiger partial charge on any atom is -0.457 e. The monoisotopic (exact) mass is 264 g/mol. The summed E-state index contributed by atoms with van der Waals surface area (Å²) < 4.78 is 5.49. The van der Waals surface area contributed by atoms with Crippen LogP contribution >= 0.6 is 11.6 Å². The second-order valence-corrected chi connectivity index (χ2v) is 3.95. The van der Waals surface area contributed by atoms with E-state index in [4.69, 9.17) is 22.1 Å². The maximum Gasteiger partial charge on any atom is 0.288 e. The number of hydrogen-bond donors (Lipinski definition) is 1. The molecule has 18 heavy (non-hydrogen) atoms. The van der Waals surface area contributed by atoms with Crippen molar-refractivity contribution in [1.82, 2.24) is 0 Å². The van der Waals surface area contributed by atoms with Crippen molar-refractivity contribution < 1.29 is 9.66 Å². The number of nitrogens with two attached hydrogens (primary N) is 1. The fraction of sp³-hybridized carbons (Fsp3) is 0. The number of benzene rings is 2. The normalized spacial score (nSPS) is 10.1. The van der Waals surface area contributed by atoms with Crippen molar-refractivity contribution in [2.75, 3.05) is 5.73 Å². The van der Waals surface area contributed by atoms with Crippen LogP contribution in [0.2, 0.25) is 5.02 Å². The van der Waals surface area contributed by atoms with Crippen molar-refractivity contribution in [2.45, 2.75) is 0 Å². The van der Waals surface area contributed by atoms with E-state index >= 15 is 0 Å². The Morgan fingerprint density at radius 2 is 1.72 bits per heavy atom. The van der Waals surface area contributed by atoms with Gasteiger partial charge in [-0.3, -0.25) is 10.1 Å². The quantitative estimate of drug-likeness (QED) is 0.522. The van der Waals surface area contributed by atoms with Crippen LogP contribution in [0.4, 0.5) is 11.4 Å². The molecular weight excluding hydrogens is 256 g/mol. The Morgan fingerprint density at radius 3 is 2.28 bits per heavy atom. The van der Waals surface area contributed by atoms with Crippen LogP contribution in [-0.4, -0.2) is 4.92 Å². The molecule has 2 aromatic rings. The zero-order valence-corrected chi connectivity index (χ0v) is 9.92. The zero-order valence-electron chi connectivity index (χ0n) is 9.17. The molecule has 0 aliphatic rings. The molecule has 0 unspecified atom stereocenters. The largest absolute Gasteiger partial charge is 0.457 e. The van der Waals surface area contributed by atoms with Gasteiger partial charge >= 0.3 is 0 Å². The van der Waals surface area contributed by atoms with Gasteiger partial charge in [0.25, 0.3) is 5.69 Å². The third kappa shape index (κ3) is 2.70. The predicted octanol–water partition coefficient (Wildman–Crippen LogP) is 3.62. The molecule has 6 heteroatoms. The number of nitro benzene ring substituents is 1. The van der Waals surface area contributed by atoms with Crippen LogP contribution in [0.15, 0.2) is 42.5 Å². The Balaban J connectivity index is 2.22.